The molecule has 3 N–H and O–H groups in total. The van der Waals surface area contributed by atoms with Crippen LogP contribution in [0.25, 0.3) is 33.2 Å². The van der Waals surface area contributed by atoms with E-state index in [2.05, 4.69) is 71.9 Å². The number of aromatic amines is 1. The lowest BCUT2D eigenvalue weighted by molar-refractivity contribution is -0.138. The number of carbonyl (C=O) groups is 4. The number of methoxy groups -OCH3 is 2. The maximum absolute atomic E-state index is 14.3. The summed E-state index contributed by atoms with van der Waals surface area (Å²) in [6.45, 7) is 9.46. The van der Waals surface area contributed by atoms with Crippen molar-refractivity contribution in [2.24, 2.45) is 16.8 Å². The summed E-state index contributed by atoms with van der Waals surface area (Å²) in [4.78, 5) is 70.2. The maximum Gasteiger partial charge on any atom is 0.407 e. The van der Waals surface area contributed by atoms with Gasteiger partial charge >= 0.3 is 12.2 Å². The van der Waals surface area contributed by atoms with Crippen molar-refractivity contribution in [1.82, 2.24) is 30.4 Å². The van der Waals surface area contributed by atoms with Crippen molar-refractivity contribution in [2.75, 3.05) is 27.4 Å². The van der Waals surface area contributed by atoms with Gasteiger partial charge in [0.15, 0.2) is 0 Å². The minimum absolute atomic E-state index is 0.0124. The Kier molecular flexibility index (Phi) is 11.6. The van der Waals surface area contributed by atoms with Gasteiger partial charge in [-0.3, -0.25) is 14.6 Å². The summed E-state index contributed by atoms with van der Waals surface area (Å²) in [7, 11) is 2.62. The average molecular weight is 860 g/mol. The first-order chi connectivity index (χ1) is 30.4. The molecule has 5 aliphatic heterocycles. The van der Waals surface area contributed by atoms with E-state index in [1.165, 1.54) is 14.2 Å². The van der Waals surface area contributed by atoms with Gasteiger partial charge < -0.3 is 44.4 Å². The molecule has 63 heavy (non-hydrogen) atoms. The molecule has 332 valence electrons. The number of aliphatic imine (C=N–C) groups is 1. The van der Waals surface area contributed by atoms with E-state index in [-0.39, 0.29) is 47.8 Å². The highest BCUT2D eigenvalue weighted by molar-refractivity contribution is 6.06. The Bertz CT molecular complexity index is 2480. The number of H-pyrrole nitrogens is 1. The Hall–Kier alpha value is -5.96. The summed E-state index contributed by atoms with van der Waals surface area (Å²) >= 11 is 0. The fourth-order valence-electron chi connectivity index (χ4n) is 10.5. The maximum atomic E-state index is 14.3. The number of ether oxygens (including phenoxy) is 4. The van der Waals surface area contributed by atoms with Crippen LogP contribution >= 0.6 is 0 Å². The standard InChI is InChI=1S/C48H57N7O8/c1-25(2)42(52-47(58)60-5)45(56)54-26(3)7-13-39(54)37-21-34-33-22-41-35(20-29(33)10-12-36(34)50-37)32-11-9-30(19-31(32)24-63-41)38-23-49-44(51-38)40-14-8-27(4)55(40)46(57)43(53-48(59)61-6)28-15-17-62-18-16-28/h9-12,19-20,22-23,25-28,39-40,42-43H,7-8,13-18,21,24H2,1-6H3,(H,49,51)(H,52,58)(H,53,59)/t26-,27-,39-,40-,42?,43-/m0/s1. The van der Waals surface area contributed by atoms with Crippen molar-refractivity contribution in [3.05, 3.63) is 65.6 Å². The van der Waals surface area contributed by atoms with Gasteiger partial charge in [0.2, 0.25) is 11.8 Å². The number of nitrogens with zero attached hydrogens (tertiary/aromatic N) is 4. The van der Waals surface area contributed by atoms with E-state index >= 15 is 0 Å². The fourth-order valence-corrected chi connectivity index (χ4v) is 10.5. The molecule has 3 saturated heterocycles. The third-order valence-corrected chi connectivity index (χ3v) is 13.9. The number of hydrogen-bond donors (Lipinski definition) is 3. The van der Waals surface area contributed by atoms with Crippen molar-refractivity contribution >= 4 is 46.2 Å². The van der Waals surface area contributed by atoms with E-state index < -0.39 is 24.3 Å². The molecule has 0 aliphatic carbocycles. The van der Waals surface area contributed by atoms with Crippen molar-refractivity contribution in [3.63, 3.8) is 0 Å². The van der Waals surface area contributed by atoms with E-state index in [0.717, 1.165) is 87.1 Å². The lowest BCUT2D eigenvalue weighted by Crippen LogP contribution is -2.55. The first-order valence-corrected chi connectivity index (χ1v) is 22.3. The molecule has 4 aromatic rings. The molecule has 6 heterocycles. The molecule has 6 atom stereocenters. The van der Waals surface area contributed by atoms with Gasteiger partial charge in [-0.25, -0.2) is 14.6 Å². The van der Waals surface area contributed by atoms with Crippen LogP contribution in [0.1, 0.15) is 89.2 Å². The molecule has 5 aliphatic rings. The molecule has 1 aromatic heterocycles. The summed E-state index contributed by atoms with van der Waals surface area (Å²) < 4.78 is 21.8. The predicted molar refractivity (Wildman–Crippen MR) is 237 cm³/mol. The minimum Gasteiger partial charge on any atom is -0.488 e. The van der Waals surface area contributed by atoms with E-state index in [1.807, 2.05) is 29.8 Å². The number of nitrogens with one attached hydrogen (secondary N) is 3. The molecule has 0 saturated carbocycles. The Morgan fingerprint density at radius 3 is 2.27 bits per heavy atom. The fraction of sp³-hybridized carbons (Fsp3) is 0.500. The summed E-state index contributed by atoms with van der Waals surface area (Å²) in [5.74, 6) is 1.13. The Morgan fingerprint density at radius 2 is 1.54 bits per heavy atom. The summed E-state index contributed by atoms with van der Waals surface area (Å²) in [6.07, 6.45) is 5.83. The van der Waals surface area contributed by atoms with Crippen LogP contribution in [0, 0.1) is 11.8 Å². The molecule has 0 spiro atoms. The van der Waals surface area contributed by atoms with Gasteiger partial charge in [-0.1, -0.05) is 32.0 Å². The zero-order valence-corrected chi connectivity index (χ0v) is 36.9. The van der Waals surface area contributed by atoms with Crippen LogP contribution in [0.2, 0.25) is 0 Å². The lowest BCUT2D eigenvalue weighted by Gasteiger charge is -2.36. The summed E-state index contributed by atoms with van der Waals surface area (Å²) in [5.41, 5.74) is 8.00. The van der Waals surface area contributed by atoms with E-state index in [0.29, 0.717) is 44.9 Å². The van der Waals surface area contributed by atoms with Gasteiger partial charge in [-0.15, -0.1) is 0 Å². The highest BCUT2D eigenvalue weighted by Gasteiger charge is 2.44. The molecular weight excluding hydrogens is 803 g/mol. The van der Waals surface area contributed by atoms with Crippen LogP contribution in [-0.4, -0.2) is 107 Å². The normalized spacial score (nSPS) is 22.7. The highest BCUT2D eigenvalue weighted by atomic mass is 16.5. The van der Waals surface area contributed by atoms with Gasteiger partial charge in [0.1, 0.15) is 30.3 Å². The van der Waals surface area contributed by atoms with Crippen molar-refractivity contribution in [3.8, 4) is 28.1 Å². The number of amides is 4. The molecule has 0 radical (unpaired) electrons. The minimum atomic E-state index is -0.711. The SMILES string of the molecule is COC(=O)NC(C(=O)N1[C@@H](C)CC[C@H]1C1=Nc2ccc3cc4c(cc3c2C1)OCc1cc(-c2cnc([C@@H]3CC[C@H](C)N3C(=O)[C@@H](NC(=O)OC)C3CCOCC3)[nH]2)ccc1-4)C(C)C. The highest BCUT2D eigenvalue weighted by Crippen LogP contribution is 2.45. The lowest BCUT2D eigenvalue weighted by atomic mass is 9.90. The van der Waals surface area contributed by atoms with Gasteiger partial charge in [-0.2, -0.15) is 0 Å². The number of fused-ring (bicyclic) bond motifs is 6. The second kappa shape index (κ2) is 17.3. The monoisotopic (exact) mass is 859 g/mol. The smallest absolute Gasteiger partial charge is 0.407 e. The van der Waals surface area contributed by atoms with Crippen LogP contribution < -0.4 is 15.4 Å². The summed E-state index contributed by atoms with van der Waals surface area (Å²) in [5, 5.41) is 7.77. The van der Waals surface area contributed by atoms with Crippen molar-refractivity contribution < 1.29 is 38.1 Å². The third kappa shape index (κ3) is 7.89. The zero-order chi connectivity index (χ0) is 44.1. The van der Waals surface area contributed by atoms with Gasteiger partial charge in [-0.05, 0) is 121 Å². The van der Waals surface area contributed by atoms with Crippen LogP contribution in [-0.2, 0) is 36.8 Å². The van der Waals surface area contributed by atoms with E-state index in [9.17, 15) is 19.2 Å². The van der Waals surface area contributed by atoms with Crippen LogP contribution in [0.4, 0.5) is 15.3 Å². The molecule has 3 fully saturated rings. The molecular formula is C48H57N7O8. The zero-order valence-electron chi connectivity index (χ0n) is 36.9. The number of hydrogen-bond acceptors (Lipinski definition) is 10. The van der Waals surface area contributed by atoms with Crippen LogP contribution in [0.5, 0.6) is 5.75 Å². The number of aromatic nitrogens is 2. The molecule has 4 amide bonds. The molecule has 0 bridgehead atoms. The Labute approximate surface area is 367 Å². The predicted octanol–water partition coefficient (Wildman–Crippen LogP) is 7.38. The van der Waals surface area contributed by atoms with E-state index in [1.54, 1.807) is 0 Å². The second-order valence-electron chi connectivity index (χ2n) is 18.1. The van der Waals surface area contributed by atoms with Crippen LogP contribution in [0.3, 0.4) is 0 Å². The molecule has 15 nitrogen and oxygen atoms in total. The first kappa shape index (κ1) is 42.3. The van der Waals surface area contributed by atoms with E-state index in [4.69, 9.17) is 28.9 Å². The molecule has 3 aromatic carbocycles. The molecule has 1 unspecified atom stereocenters. The van der Waals surface area contributed by atoms with Gasteiger partial charge in [0.05, 0.1) is 43.9 Å². The van der Waals surface area contributed by atoms with Gasteiger partial charge in [0, 0.05) is 43.0 Å². The largest absolute Gasteiger partial charge is 0.488 e. The average Bonchev–Trinajstić information content (AvgIpc) is 4.12. The van der Waals surface area contributed by atoms with Crippen LogP contribution in [0.15, 0.2) is 53.7 Å². The number of alkyl carbamates (subject to hydrolysis) is 2. The number of imidazole rings is 1. The number of benzene rings is 3. The topological polar surface area (TPSA) is 177 Å². The number of likely N-dealkylation sites (tertiary alicyclic amines) is 2. The molecule has 15 heteroatoms. The first-order valence-electron chi connectivity index (χ1n) is 22.3. The summed E-state index contributed by atoms with van der Waals surface area (Å²) in [6, 6.07) is 13.1. The van der Waals surface area contributed by atoms with Crippen molar-refractivity contribution in [2.45, 2.75) is 115 Å². The Morgan fingerprint density at radius 1 is 0.825 bits per heavy atom. The second-order valence-corrected chi connectivity index (χ2v) is 18.1. The number of rotatable bonds is 9. The Balaban J connectivity index is 0.932. The molecule has 9 rings (SSSR count). The third-order valence-electron chi connectivity index (χ3n) is 13.9. The quantitative estimate of drug-likeness (QED) is 0.155. The van der Waals surface area contributed by atoms with Gasteiger partial charge in [0.25, 0.3) is 0 Å². The number of carbonyl (C=O) groups excluding carboxylic acids is 4. The van der Waals surface area contributed by atoms with Crippen molar-refractivity contribution in [1.29, 1.82) is 0 Å².